The molecule has 0 bridgehead atoms. The molecule has 1 fully saturated rings. The number of ether oxygens (including phenoxy) is 1. The summed E-state index contributed by atoms with van der Waals surface area (Å²) in [6, 6.07) is 6.24. The van der Waals surface area contributed by atoms with Crippen molar-refractivity contribution in [3.63, 3.8) is 0 Å². The monoisotopic (exact) mass is 461 g/mol. The lowest BCUT2D eigenvalue weighted by atomic mass is 10.1. The first-order valence-electron chi connectivity index (χ1n) is 8.97. The van der Waals surface area contributed by atoms with Gasteiger partial charge in [0.15, 0.2) is 9.84 Å². The van der Waals surface area contributed by atoms with Gasteiger partial charge in [-0.3, -0.25) is 0 Å². The van der Waals surface area contributed by atoms with E-state index < -0.39 is 19.9 Å². The lowest BCUT2D eigenvalue weighted by Crippen LogP contribution is -2.22. The van der Waals surface area contributed by atoms with Crippen LogP contribution in [-0.4, -0.2) is 69.3 Å². The number of aromatic nitrogens is 2. The Balaban J connectivity index is 1.42. The highest BCUT2D eigenvalue weighted by Crippen LogP contribution is 2.24. The minimum Gasteiger partial charge on any atom is -0.493 e. The summed E-state index contributed by atoms with van der Waals surface area (Å²) in [5.41, 5.74) is 0. The topological polar surface area (TPSA) is 120 Å². The fraction of sp³-hybridized carbons (Fsp3) is 0.529. The van der Waals surface area contributed by atoms with Gasteiger partial charge in [-0.1, -0.05) is 11.8 Å². The second-order valence-corrected chi connectivity index (χ2v) is 12.3. The molecular weight excluding hydrogens is 438 g/mol. The van der Waals surface area contributed by atoms with Gasteiger partial charge in [0, 0.05) is 26.3 Å². The van der Waals surface area contributed by atoms with E-state index in [0.29, 0.717) is 42.1 Å². The SMILES string of the molecule is CN(C)S(=O)(=O)c1ccc(OCCSc2nnc(C[C@@H]3CCS(=O)(=O)C3)o2)cc1. The molecule has 0 unspecified atom stereocenters. The van der Waals surface area contributed by atoms with E-state index in [1.165, 1.54) is 38.0 Å². The number of sulfone groups is 1. The molecule has 1 aliphatic rings. The van der Waals surface area contributed by atoms with Crippen molar-refractivity contribution in [1.82, 2.24) is 14.5 Å². The second-order valence-electron chi connectivity index (χ2n) is 6.89. The fourth-order valence-electron chi connectivity index (χ4n) is 2.87. The summed E-state index contributed by atoms with van der Waals surface area (Å²) in [7, 11) is -3.41. The summed E-state index contributed by atoms with van der Waals surface area (Å²) in [6.45, 7) is 0.378. The standard InChI is InChI=1S/C17H23N3O6S3/c1-20(2)29(23,24)15-5-3-14(4-6-15)25-8-9-27-17-19-18-16(26-17)11-13-7-10-28(21,22)12-13/h3-6,13H,7-12H2,1-2H3/t13-/m0/s1. The van der Waals surface area contributed by atoms with Crippen LogP contribution in [0.15, 0.2) is 38.8 Å². The van der Waals surface area contributed by atoms with E-state index in [9.17, 15) is 16.8 Å². The Kier molecular flexibility index (Phi) is 6.87. The van der Waals surface area contributed by atoms with Crippen LogP contribution in [0.2, 0.25) is 0 Å². The van der Waals surface area contributed by atoms with Crippen LogP contribution in [0, 0.1) is 5.92 Å². The molecule has 0 aliphatic carbocycles. The molecule has 2 heterocycles. The van der Waals surface area contributed by atoms with Crippen LogP contribution in [0.1, 0.15) is 12.3 Å². The molecule has 3 rings (SSSR count). The quantitative estimate of drug-likeness (QED) is 0.404. The van der Waals surface area contributed by atoms with Gasteiger partial charge in [0.2, 0.25) is 15.9 Å². The van der Waals surface area contributed by atoms with Crippen LogP contribution >= 0.6 is 11.8 Å². The second kappa shape index (κ2) is 9.02. The Morgan fingerprint density at radius 1 is 1.24 bits per heavy atom. The van der Waals surface area contributed by atoms with Crippen molar-refractivity contribution in [1.29, 1.82) is 0 Å². The van der Waals surface area contributed by atoms with E-state index in [4.69, 9.17) is 9.15 Å². The summed E-state index contributed by atoms with van der Waals surface area (Å²) in [5.74, 6) is 2.04. The van der Waals surface area contributed by atoms with E-state index in [1.54, 1.807) is 12.1 Å². The van der Waals surface area contributed by atoms with Crippen molar-refractivity contribution >= 4 is 31.6 Å². The number of thioether (sulfide) groups is 1. The minimum atomic E-state index is -3.46. The predicted molar refractivity (Wildman–Crippen MR) is 108 cm³/mol. The van der Waals surface area contributed by atoms with Gasteiger partial charge in [-0.2, -0.15) is 0 Å². The average molecular weight is 462 g/mol. The number of hydrogen-bond acceptors (Lipinski definition) is 9. The first-order valence-corrected chi connectivity index (χ1v) is 13.2. The van der Waals surface area contributed by atoms with Gasteiger partial charge in [-0.25, -0.2) is 21.1 Å². The third kappa shape index (κ3) is 5.93. The Labute approximate surface area is 174 Å². The molecule has 0 radical (unpaired) electrons. The molecule has 0 saturated carbocycles. The zero-order valence-corrected chi connectivity index (χ0v) is 18.6. The van der Waals surface area contributed by atoms with Gasteiger partial charge in [0.25, 0.3) is 5.22 Å². The molecule has 0 spiro atoms. The summed E-state index contributed by atoms with van der Waals surface area (Å²) >= 11 is 1.34. The molecule has 1 aliphatic heterocycles. The average Bonchev–Trinajstić information content (AvgIpc) is 3.25. The minimum absolute atomic E-state index is 0.0425. The molecule has 12 heteroatoms. The number of hydrogen-bond donors (Lipinski definition) is 0. The summed E-state index contributed by atoms with van der Waals surface area (Å²) in [5, 5.41) is 8.36. The lowest BCUT2D eigenvalue weighted by Gasteiger charge is -2.11. The fourth-order valence-corrected chi connectivity index (χ4v) is 6.22. The van der Waals surface area contributed by atoms with Gasteiger partial charge >= 0.3 is 0 Å². The van der Waals surface area contributed by atoms with Crippen molar-refractivity contribution in [2.45, 2.75) is 23.0 Å². The Hall–Kier alpha value is -1.63. The van der Waals surface area contributed by atoms with Crippen LogP contribution < -0.4 is 4.74 Å². The van der Waals surface area contributed by atoms with E-state index >= 15 is 0 Å². The largest absolute Gasteiger partial charge is 0.493 e. The number of sulfonamides is 1. The highest BCUT2D eigenvalue weighted by molar-refractivity contribution is 7.99. The Morgan fingerprint density at radius 2 is 1.97 bits per heavy atom. The van der Waals surface area contributed by atoms with E-state index in [0.717, 1.165) is 4.31 Å². The summed E-state index contributed by atoms with van der Waals surface area (Å²) in [6.07, 6.45) is 1.11. The third-order valence-electron chi connectivity index (χ3n) is 4.42. The maximum atomic E-state index is 12.0. The zero-order valence-electron chi connectivity index (χ0n) is 16.1. The molecule has 0 amide bonds. The third-order valence-corrected chi connectivity index (χ3v) is 8.87. The predicted octanol–water partition coefficient (Wildman–Crippen LogP) is 1.47. The highest BCUT2D eigenvalue weighted by Gasteiger charge is 2.29. The molecule has 9 nitrogen and oxygen atoms in total. The zero-order chi connectivity index (χ0) is 21.1. The summed E-state index contributed by atoms with van der Waals surface area (Å²) < 4.78 is 59.4. The van der Waals surface area contributed by atoms with Gasteiger partial charge in [0.05, 0.1) is 23.0 Å². The van der Waals surface area contributed by atoms with Gasteiger partial charge in [-0.15, -0.1) is 10.2 Å². The van der Waals surface area contributed by atoms with E-state index in [2.05, 4.69) is 10.2 Å². The molecule has 1 atom stereocenters. The first-order chi connectivity index (χ1) is 13.7. The van der Waals surface area contributed by atoms with E-state index in [1.807, 2.05) is 0 Å². The number of nitrogens with zero attached hydrogens (tertiary/aromatic N) is 3. The van der Waals surface area contributed by atoms with Crippen molar-refractivity contribution in [2.75, 3.05) is 38.0 Å². The van der Waals surface area contributed by atoms with Gasteiger partial charge in [0.1, 0.15) is 5.75 Å². The van der Waals surface area contributed by atoms with Crippen LogP contribution in [0.25, 0.3) is 0 Å². The van der Waals surface area contributed by atoms with Crippen LogP contribution in [-0.2, 0) is 26.3 Å². The van der Waals surface area contributed by atoms with Crippen molar-refractivity contribution in [2.24, 2.45) is 5.92 Å². The summed E-state index contributed by atoms with van der Waals surface area (Å²) in [4.78, 5) is 0.206. The molecule has 0 N–H and O–H groups in total. The van der Waals surface area contributed by atoms with Crippen molar-refractivity contribution in [3.05, 3.63) is 30.2 Å². The molecule has 1 aromatic carbocycles. The first kappa shape index (κ1) is 22.1. The number of rotatable bonds is 9. The molecular formula is C17H23N3O6S3. The lowest BCUT2D eigenvalue weighted by molar-refractivity contribution is 0.342. The van der Waals surface area contributed by atoms with Gasteiger partial charge < -0.3 is 9.15 Å². The van der Waals surface area contributed by atoms with Crippen LogP contribution in [0.3, 0.4) is 0 Å². The highest BCUT2D eigenvalue weighted by atomic mass is 32.2. The van der Waals surface area contributed by atoms with E-state index in [-0.39, 0.29) is 22.3 Å². The maximum Gasteiger partial charge on any atom is 0.276 e. The van der Waals surface area contributed by atoms with Crippen molar-refractivity contribution in [3.8, 4) is 5.75 Å². The normalized spacial score (nSPS) is 18.9. The van der Waals surface area contributed by atoms with Crippen molar-refractivity contribution < 1.29 is 26.0 Å². The molecule has 1 saturated heterocycles. The molecule has 2 aromatic rings. The molecule has 160 valence electrons. The smallest absolute Gasteiger partial charge is 0.276 e. The van der Waals surface area contributed by atoms with Crippen LogP contribution in [0.4, 0.5) is 0 Å². The maximum absolute atomic E-state index is 12.0. The molecule has 1 aromatic heterocycles. The van der Waals surface area contributed by atoms with Gasteiger partial charge in [-0.05, 0) is 36.6 Å². The number of benzene rings is 1. The Morgan fingerprint density at radius 3 is 2.59 bits per heavy atom. The van der Waals surface area contributed by atoms with Crippen LogP contribution in [0.5, 0.6) is 5.75 Å². The Bertz CT molecular complexity index is 1030. The molecule has 29 heavy (non-hydrogen) atoms.